The van der Waals surface area contributed by atoms with Gasteiger partial charge in [0.05, 0.1) is 18.8 Å². The fraction of sp³-hybridized carbons (Fsp3) is 0.360. The van der Waals surface area contributed by atoms with Crippen LogP contribution in [0, 0.1) is 0 Å². The lowest BCUT2D eigenvalue weighted by Crippen LogP contribution is -2.50. The number of ether oxygens (including phenoxy) is 1. The van der Waals surface area contributed by atoms with Crippen LogP contribution in [0.5, 0.6) is 5.75 Å². The zero-order chi connectivity index (χ0) is 26.5. The van der Waals surface area contributed by atoms with Gasteiger partial charge in [-0.2, -0.15) is 4.37 Å². The Labute approximate surface area is 218 Å². The van der Waals surface area contributed by atoms with Crippen molar-refractivity contribution in [3.05, 3.63) is 62.8 Å². The summed E-state index contributed by atoms with van der Waals surface area (Å²) in [6.07, 6.45) is 0.692. The van der Waals surface area contributed by atoms with E-state index in [1.54, 1.807) is 24.3 Å². The van der Waals surface area contributed by atoms with Gasteiger partial charge in [-0.05, 0) is 67.9 Å². The van der Waals surface area contributed by atoms with Crippen LogP contribution in [0.1, 0.15) is 70.8 Å². The highest BCUT2D eigenvalue weighted by Crippen LogP contribution is 2.32. The normalized spacial score (nSPS) is 12.1. The van der Waals surface area contributed by atoms with E-state index in [0.29, 0.717) is 24.3 Å². The van der Waals surface area contributed by atoms with Crippen LogP contribution in [0.4, 0.5) is 5.69 Å². The maximum atomic E-state index is 13.9. The summed E-state index contributed by atoms with van der Waals surface area (Å²) in [5.74, 6) is -1.02. The summed E-state index contributed by atoms with van der Waals surface area (Å²) in [5.41, 5.74) is 11.3. The van der Waals surface area contributed by atoms with Gasteiger partial charge in [0.1, 0.15) is 16.7 Å². The Hall–Kier alpha value is -3.44. The SMILES string of the molecule is CCOc1ccc([C@H](C(=O)NC(C)(C)CC)N(Cc2cccs2)C(=O)c2snc(C(N)=O)c2N)cc1. The van der Waals surface area contributed by atoms with Crippen molar-refractivity contribution in [1.29, 1.82) is 0 Å². The molecule has 3 rings (SSSR count). The van der Waals surface area contributed by atoms with E-state index >= 15 is 0 Å². The van der Waals surface area contributed by atoms with Crippen LogP contribution in [0.25, 0.3) is 0 Å². The zero-order valence-electron chi connectivity index (χ0n) is 20.7. The topological polar surface area (TPSA) is 141 Å². The summed E-state index contributed by atoms with van der Waals surface area (Å²) in [6, 6.07) is 9.86. The molecule has 5 N–H and O–H groups in total. The lowest BCUT2D eigenvalue weighted by atomic mass is 9.98. The van der Waals surface area contributed by atoms with Gasteiger partial charge in [-0.15, -0.1) is 11.3 Å². The number of hydrogen-bond donors (Lipinski definition) is 3. The summed E-state index contributed by atoms with van der Waals surface area (Å²) >= 11 is 2.26. The summed E-state index contributed by atoms with van der Waals surface area (Å²) in [5, 5.41) is 4.97. The van der Waals surface area contributed by atoms with Gasteiger partial charge in [-0.1, -0.05) is 25.1 Å². The van der Waals surface area contributed by atoms with E-state index in [1.807, 2.05) is 45.2 Å². The Morgan fingerprint density at radius 1 is 1.17 bits per heavy atom. The van der Waals surface area contributed by atoms with E-state index in [2.05, 4.69) is 9.69 Å². The number of hydrogen-bond acceptors (Lipinski definition) is 8. The summed E-state index contributed by atoms with van der Waals surface area (Å²) < 4.78 is 9.53. The predicted molar refractivity (Wildman–Crippen MR) is 142 cm³/mol. The summed E-state index contributed by atoms with van der Waals surface area (Å²) in [6.45, 7) is 8.36. The minimum absolute atomic E-state index is 0.0545. The van der Waals surface area contributed by atoms with Crippen LogP contribution < -0.4 is 21.5 Å². The van der Waals surface area contributed by atoms with Gasteiger partial charge in [0.15, 0.2) is 5.69 Å². The maximum absolute atomic E-state index is 13.9. The lowest BCUT2D eigenvalue weighted by Gasteiger charge is -2.34. The first-order valence-corrected chi connectivity index (χ1v) is 13.2. The standard InChI is InChI=1S/C25H31N5O4S2/c1-5-25(3,4)28-23(32)20(15-9-11-16(12-10-15)34-6-2)30(14-17-8-7-13-35-17)24(33)21-18(26)19(22(27)31)29-36-21/h7-13,20H,5-6,14,26H2,1-4H3,(H2,27,31)(H,28,32)/t20-/m1/s1. The molecule has 0 spiro atoms. The molecular formula is C25H31N5O4S2. The molecule has 9 nitrogen and oxygen atoms in total. The molecule has 0 bridgehead atoms. The molecule has 0 unspecified atom stereocenters. The van der Waals surface area contributed by atoms with Crippen LogP contribution in [0.15, 0.2) is 41.8 Å². The van der Waals surface area contributed by atoms with Gasteiger partial charge in [-0.3, -0.25) is 14.4 Å². The predicted octanol–water partition coefficient (Wildman–Crippen LogP) is 3.97. The fourth-order valence-electron chi connectivity index (χ4n) is 3.49. The minimum Gasteiger partial charge on any atom is -0.494 e. The molecule has 11 heteroatoms. The molecule has 0 aliphatic carbocycles. The number of rotatable bonds is 11. The van der Waals surface area contributed by atoms with Crippen molar-refractivity contribution in [2.75, 3.05) is 12.3 Å². The smallest absolute Gasteiger partial charge is 0.270 e. The van der Waals surface area contributed by atoms with E-state index < -0.39 is 23.4 Å². The average Bonchev–Trinajstić information content (AvgIpc) is 3.48. The van der Waals surface area contributed by atoms with Gasteiger partial charge in [0, 0.05) is 10.4 Å². The van der Waals surface area contributed by atoms with Gasteiger partial charge < -0.3 is 26.4 Å². The van der Waals surface area contributed by atoms with Crippen molar-refractivity contribution >= 4 is 46.3 Å². The molecule has 36 heavy (non-hydrogen) atoms. The third kappa shape index (κ3) is 6.21. The summed E-state index contributed by atoms with van der Waals surface area (Å²) in [4.78, 5) is 41.8. The van der Waals surface area contributed by atoms with Crippen LogP contribution >= 0.6 is 22.9 Å². The molecule has 1 atom stereocenters. The highest BCUT2D eigenvalue weighted by Gasteiger charge is 2.36. The van der Waals surface area contributed by atoms with Gasteiger partial charge in [0.25, 0.3) is 11.8 Å². The highest BCUT2D eigenvalue weighted by molar-refractivity contribution is 7.10. The summed E-state index contributed by atoms with van der Waals surface area (Å²) in [7, 11) is 0. The highest BCUT2D eigenvalue weighted by atomic mass is 32.1. The molecule has 0 saturated heterocycles. The Balaban J connectivity index is 2.12. The Morgan fingerprint density at radius 3 is 2.39 bits per heavy atom. The van der Waals surface area contributed by atoms with E-state index in [4.69, 9.17) is 16.2 Å². The maximum Gasteiger partial charge on any atom is 0.270 e. The largest absolute Gasteiger partial charge is 0.494 e. The number of benzene rings is 1. The van der Waals surface area contributed by atoms with Crippen molar-refractivity contribution in [3.63, 3.8) is 0 Å². The third-order valence-electron chi connectivity index (χ3n) is 5.74. The third-order valence-corrected chi connectivity index (χ3v) is 7.45. The van der Waals surface area contributed by atoms with Gasteiger partial charge >= 0.3 is 0 Å². The second-order valence-electron chi connectivity index (χ2n) is 8.78. The van der Waals surface area contributed by atoms with E-state index in [0.717, 1.165) is 16.4 Å². The lowest BCUT2D eigenvalue weighted by molar-refractivity contribution is -0.127. The van der Waals surface area contributed by atoms with Crippen molar-refractivity contribution in [2.45, 2.75) is 52.2 Å². The second-order valence-corrected chi connectivity index (χ2v) is 10.6. The number of aromatic nitrogens is 1. The van der Waals surface area contributed by atoms with Gasteiger partial charge in [0.2, 0.25) is 5.91 Å². The molecule has 0 saturated carbocycles. The molecule has 1 aromatic carbocycles. The Bertz CT molecular complexity index is 1210. The average molecular weight is 530 g/mol. The molecular weight excluding hydrogens is 498 g/mol. The first kappa shape index (κ1) is 27.2. The zero-order valence-corrected chi connectivity index (χ0v) is 22.4. The number of amides is 3. The molecule has 2 heterocycles. The first-order valence-electron chi connectivity index (χ1n) is 11.5. The molecule has 0 aliphatic rings. The van der Waals surface area contributed by atoms with Crippen molar-refractivity contribution in [1.82, 2.24) is 14.6 Å². The number of thiophene rings is 1. The number of nitrogens with one attached hydrogen (secondary N) is 1. The number of carbonyl (C=O) groups excluding carboxylic acids is 3. The van der Waals surface area contributed by atoms with Crippen LogP contribution in [0.2, 0.25) is 0 Å². The fourth-order valence-corrected chi connectivity index (χ4v) is 4.95. The van der Waals surface area contributed by atoms with Crippen molar-refractivity contribution in [3.8, 4) is 5.75 Å². The number of carbonyl (C=O) groups is 3. The first-order chi connectivity index (χ1) is 17.1. The molecule has 192 valence electrons. The van der Waals surface area contributed by atoms with E-state index in [1.165, 1.54) is 16.2 Å². The molecule has 3 amide bonds. The minimum atomic E-state index is -0.986. The monoisotopic (exact) mass is 529 g/mol. The van der Waals surface area contributed by atoms with E-state index in [-0.39, 0.29) is 28.7 Å². The molecule has 3 aromatic rings. The van der Waals surface area contributed by atoms with E-state index in [9.17, 15) is 14.4 Å². The number of primary amides is 1. The van der Waals surface area contributed by atoms with Crippen LogP contribution in [0.3, 0.4) is 0 Å². The van der Waals surface area contributed by atoms with Crippen molar-refractivity contribution in [2.24, 2.45) is 5.73 Å². The second kappa shape index (κ2) is 11.5. The Kier molecular flexibility index (Phi) is 8.70. The van der Waals surface area contributed by atoms with Gasteiger partial charge in [-0.25, -0.2) is 0 Å². The van der Waals surface area contributed by atoms with Crippen LogP contribution in [-0.4, -0.2) is 39.1 Å². The Morgan fingerprint density at radius 2 is 1.86 bits per heavy atom. The number of nitrogen functional groups attached to an aromatic ring is 1. The quantitative estimate of drug-likeness (QED) is 0.343. The van der Waals surface area contributed by atoms with Crippen molar-refractivity contribution < 1.29 is 19.1 Å². The molecule has 0 aliphatic heterocycles. The molecule has 0 fully saturated rings. The van der Waals surface area contributed by atoms with Crippen LogP contribution in [-0.2, 0) is 11.3 Å². The number of nitrogens with zero attached hydrogens (tertiary/aromatic N) is 2. The number of nitrogens with two attached hydrogens (primary N) is 2. The number of anilines is 1. The molecule has 2 aromatic heterocycles. The molecule has 0 radical (unpaired) electrons.